The van der Waals surface area contributed by atoms with Gasteiger partial charge in [-0.1, -0.05) is 6.07 Å². The predicted molar refractivity (Wildman–Crippen MR) is 104 cm³/mol. The minimum absolute atomic E-state index is 0.301. The third-order valence-electron chi connectivity index (χ3n) is 3.62. The van der Waals surface area contributed by atoms with Crippen LogP contribution in [-0.4, -0.2) is 34.2 Å². The molecule has 0 aliphatic rings. The summed E-state index contributed by atoms with van der Waals surface area (Å²) < 4.78 is 37.7. The normalized spacial score (nSPS) is 11.5. The van der Waals surface area contributed by atoms with Gasteiger partial charge in [0.15, 0.2) is 11.5 Å². The molecule has 138 valence electrons. The highest BCUT2D eigenvalue weighted by Crippen LogP contribution is 2.33. The number of nitrogens with zero attached hydrogens (tertiary/aromatic N) is 1. The van der Waals surface area contributed by atoms with Crippen molar-refractivity contribution in [3.8, 4) is 22.1 Å². The fourth-order valence-electron chi connectivity index (χ4n) is 2.32. The van der Waals surface area contributed by atoms with Crippen LogP contribution in [0.5, 0.6) is 11.5 Å². The van der Waals surface area contributed by atoms with Crippen molar-refractivity contribution < 1.29 is 17.9 Å². The number of ether oxygens (including phenoxy) is 2. The van der Waals surface area contributed by atoms with Gasteiger partial charge < -0.3 is 9.47 Å². The molecular weight excluding hydrogens is 392 g/mol. The van der Waals surface area contributed by atoms with E-state index < -0.39 is 10.0 Å². The van der Waals surface area contributed by atoms with Crippen LogP contribution in [0.2, 0.25) is 0 Å². The summed E-state index contributed by atoms with van der Waals surface area (Å²) in [6.07, 6.45) is 0.522. The largest absolute Gasteiger partial charge is 0.493 e. The highest BCUT2D eigenvalue weighted by Gasteiger charge is 2.15. The molecule has 2 heterocycles. The smallest absolute Gasteiger partial charge is 0.250 e. The van der Waals surface area contributed by atoms with E-state index in [0.29, 0.717) is 28.7 Å². The topological polar surface area (TPSA) is 77.5 Å². The van der Waals surface area contributed by atoms with E-state index >= 15 is 0 Å². The minimum Gasteiger partial charge on any atom is -0.493 e. The van der Waals surface area contributed by atoms with Crippen molar-refractivity contribution in [2.45, 2.75) is 10.6 Å². The molecule has 0 saturated carbocycles. The lowest BCUT2D eigenvalue weighted by atomic mass is 10.2. The molecule has 2 aromatic heterocycles. The molecule has 0 spiro atoms. The number of sulfonamides is 1. The summed E-state index contributed by atoms with van der Waals surface area (Å²) in [5.41, 5.74) is 1.77. The van der Waals surface area contributed by atoms with Crippen molar-refractivity contribution in [2.75, 3.05) is 20.8 Å². The minimum atomic E-state index is -3.44. The van der Waals surface area contributed by atoms with Gasteiger partial charge in [-0.05, 0) is 29.6 Å². The van der Waals surface area contributed by atoms with Gasteiger partial charge in [0.05, 0.1) is 19.9 Å². The Labute approximate surface area is 160 Å². The second-order valence-electron chi connectivity index (χ2n) is 5.29. The first kappa shape index (κ1) is 18.8. The van der Waals surface area contributed by atoms with Crippen LogP contribution >= 0.6 is 22.7 Å². The molecule has 6 nitrogen and oxygen atoms in total. The zero-order chi connectivity index (χ0) is 18.6. The van der Waals surface area contributed by atoms with Crippen molar-refractivity contribution in [3.63, 3.8) is 0 Å². The molecule has 0 saturated heterocycles. The van der Waals surface area contributed by atoms with Crippen molar-refractivity contribution in [1.29, 1.82) is 0 Å². The second-order valence-corrected chi connectivity index (χ2v) is 9.09. The average Bonchev–Trinajstić information content (AvgIpc) is 3.33. The summed E-state index contributed by atoms with van der Waals surface area (Å²) in [6, 6.07) is 8.94. The summed E-state index contributed by atoms with van der Waals surface area (Å²) in [7, 11) is -0.250. The lowest BCUT2D eigenvalue weighted by Gasteiger charge is -2.08. The van der Waals surface area contributed by atoms with Gasteiger partial charge in [0.1, 0.15) is 9.22 Å². The van der Waals surface area contributed by atoms with E-state index in [-0.39, 0.29) is 0 Å². The second kappa shape index (κ2) is 8.17. The number of hydrogen-bond donors (Lipinski definition) is 1. The molecule has 0 aliphatic heterocycles. The maximum Gasteiger partial charge on any atom is 0.250 e. The van der Waals surface area contributed by atoms with Gasteiger partial charge in [-0.25, -0.2) is 18.1 Å². The van der Waals surface area contributed by atoms with E-state index in [1.807, 2.05) is 23.6 Å². The lowest BCUT2D eigenvalue weighted by Crippen LogP contribution is -2.25. The quantitative estimate of drug-likeness (QED) is 0.616. The van der Waals surface area contributed by atoms with E-state index in [0.717, 1.165) is 16.3 Å². The maximum atomic E-state index is 12.1. The Bertz CT molecular complexity index is 966. The summed E-state index contributed by atoms with van der Waals surface area (Å²) in [5.74, 6) is 1.31. The molecule has 26 heavy (non-hydrogen) atoms. The zero-order valence-corrected chi connectivity index (χ0v) is 16.7. The van der Waals surface area contributed by atoms with Gasteiger partial charge in [0, 0.05) is 23.9 Å². The zero-order valence-electron chi connectivity index (χ0n) is 14.3. The van der Waals surface area contributed by atoms with Crippen molar-refractivity contribution in [3.05, 3.63) is 46.8 Å². The monoisotopic (exact) mass is 410 g/mol. The Morgan fingerprint density at radius 3 is 2.62 bits per heavy atom. The van der Waals surface area contributed by atoms with Gasteiger partial charge in [-0.3, -0.25) is 0 Å². The lowest BCUT2D eigenvalue weighted by molar-refractivity contribution is 0.355. The summed E-state index contributed by atoms with van der Waals surface area (Å²) >= 11 is 2.71. The number of hydrogen-bond acceptors (Lipinski definition) is 7. The van der Waals surface area contributed by atoms with Crippen molar-refractivity contribution in [2.24, 2.45) is 0 Å². The Kier molecular flexibility index (Phi) is 5.92. The number of rotatable bonds is 8. The summed E-state index contributed by atoms with van der Waals surface area (Å²) in [5, 5.41) is 4.53. The first-order valence-corrected chi connectivity index (χ1v) is 11.0. The van der Waals surface area contributed by atoms with Crippen LogP contribution in [0, 0.1) is 0 Å². The van der Waals surface area contributed by atoms with Gasteiger partial charge in [-0.2, -0.15) is 0 Å². The molecule has 1 N–H and O–H groups in total. The standard InChI is InChI=1S/C17H18N2O4S3/c1-22-14-6-5-12(10-15(14)23-2)17-19-13(11-25-17)7-8-18-26(20,21)16-4-3-9-24-16/h3-6,9-11,18H,7-8H2,1-2H3. The number of benzene rings is 1. The van der Waals surface area contributed by atoms with E-state index in [4.69, 9.17) is 9.47 Å². The number of thiazole rings is 1. The van der Waals surface area contributed by atoms with Crippen LogP contribution in [0.4, 0.5) is 0 Å². The van der Waals surface area contributed by atoms with E-state index in [1.165, 1.54) is 22.7 Å². The van der Waals surface area contributed by atoms with E-state index in [2.05, 4.69) is 9.71 Å². The van der Waals surface area contributed by atoms with Crippen LogP contribution in [0.1, 0.15) is 5.69 Å². The third kappa shape index (κ3) is 4.24. The van der Waals surface area contributed by atoms with Gasteiger partial charge >= 0.3 is 0 Å². The van der Waals surface area contributed by atoms with Crippen LogP contribution in [-0.2, 0) is 16.4 Å². The highest BCUT2D eigenvalue weighted by atomic mass is 32.2. The average molecular weight is 411 g/mol. The molecular formula is C17H18N2O4S3. The van der Waals surface area contributed by atoms with Gasteiger partial charge in [0.2, 0.25) is 10.0 Å². The van der Waals surface area contributed by atoms with Crippen molar-refractivity contribution >= 4 is 32.7 Å². The Morgan fingerprint density at radius 2 is 1.92 bits per heavy atom. The Balaban J connectivity index is 1.65. The summed E-state index contributed by atoms with van der Waals surface area (Å²) in [6.45, 7) is 0.301. The number of aromatic nitrogens is 1. The van der Waals surface area contributed by atoms with Crippen LogP contribution in [0.3, 0.4) is 0 Å². The first-order chi connectivity index (χ1) is 12.5. The SMILES string of the molecule is COc1ccc(-c2nc(CCNS(=O)(=O)c3cccs3)cs2)cc1OC. The molecule has 3 aromatic rings. The highest BCUT2D eigenvalue weighted by molar-refractivity contribution is 7.91. The molecule has 0 aliphatic carbocycles. The third-order valence-corrected chi connectivity index (χ3v) is 7.41. The molecule has 9 heteroatoms. The molecule has 0 unspecified atom stereocenters. The van der Waals surface area contributed by atoms with E-state index in [1.54, 1.807) is 31.7 Å². The fourth-order valence-corrected chi connectivity index (χ4v) is 5.25. The maximum absolute atomic E-state index is 12.1. The Hall–Kier alpha value is -1.94. The molecule has 0 fully saturated rings. The fraction of sp³-hybridized carbons (Fsp3) is 0.235. The number of thiophene rings is 1. The number of methoxy groups -OCH3 is 2. The van der Waals surface area contributed by atoms with Gasteiger partial charge in [0.25, 0.3) is 0 Å². The molecule has 3 rings (SSSR count). The molecule has 0 atom stereocenters. The molecule has 1 aromatic carbocycles. The molecule has 0 bridgehead atoms. The predicted octanol–water partition coefficient (Wildman–Crippen LogP) is 3.41. The molecule has 0 amide bonds. The van der Waals surface area contributed by atoms with Crippen LogP contribution < -0.4 is 14.2 Å². The van der Waals surface area contributed by atoms with Gasteiger partial charge in [-0.15, -0.1) is 22.7 Å². The summed E-state index contributed by atoms with van der Waals surface area (Å²) in [4.78, 5) is 4.58. The van der Waals surface area contributed by atoms with Crippen LogP contribution in [0.15, 0.2) is 45.3 Å². The van der Waals surface area contributed by atoms with E-state index in [9.17, 15) is 8.42 Å². The number of nitrogens with one attached hydrogen (secondary N) is 1. The van der Waals surface area contributed by atoms with Crippen molar-refractivity contribution in [1.82, 2.24) is 9.71 Å². The first-order valence-electron chi connectivity index (χ1n) is 7.73. The Morgan fingerprint density at radius 1 is 1.12 bits per heavy atom. The van der Waals surface area contributed by atoms with Crippen LogP contribution in [0.25, 0.3) is 10.6 Å². The molecule has 0 radical (unpaired) electrons.